The number of methoxy groups -OCH3 is 2. The highest BCUT2D eigenvalue weighted by atomic mass is 32.2. The van der Waals surface area contributed by atoms with Crippen LogP contribution in [0.1, 0.15) is 108 Å². The van der Waals surface area contributed by atoms with Crippen LogP contribution in [-0.2, 0) is 54.8 Å². The molecule has 3 N–H and O–H groups in total. The summed E-state index contributed by atoms with van der Waals surface area (Å²) < 4.78 is 24.5. The van der Waals surface area contributed by atoms with E-state index >= 15 is 0 Å². The molecule has 1 saturated heterocycles. The van der Waals surface area contributed by atoms with Gasteiger partial charge in [0.05, 0.1) is 60.1 Å². The Hall–Kier alpha value is -8.52. The summed E-state index contributed by atoms with van der Waals surface area (Å²) in [6, 6.07) is 26.7. The number of rotatable bonds is 24. The van der Waals surface area contributed by atoms with E-state index in [9.17, 15) is 38.4 Å². The largest absolute Gasteiger partial charge is 0.493 e. The van der Waals surface area contributed by atoms with Gasteiger partial charge in [-0.05, 0) is 104 Å². The van der Waals surface area contributed by atoms with Gasteiger partial charge in [0, 0.05) is 92.9 Å². The molecule has 5 aliphatic heterocycles. The zero-order chi connectivity index (χ0) is 58.5. The van der Waals surface area contributed by atoms with Gasteiger partial charge in [0.1, 0.15) is 19.0 Å². The molecule has 0 aromatic heterocycles. The van der Waals surface area contributed by atoms with Gasteiger partial charge >= 0.3 is 0 Å². The zero-order valence-electron chi connectivity index (χ0n) is 47.1. The van der Waals surface area contributed by atoms with Crippen LogP contribution < -0.4 is 44.7 Å². The minimum atomic E-state index is -0.875. The maximum atomic E-state index is 14.2. The molecule has 20 heteroatoms. The number of amides is 6. The van der Waals surface area contributed by atoms with E-state index in [1.54, 1.807) is 67.6 Å². The molecule has 432 valence electrons. The lowest BCUT2D eigenvalue weighted by molar-refractivity contribution is -0.138. The molecule has 83 heavy (non-hydrogen) atoms. The number of likely N-dealkylation sites (tertiary alicyclic amines) is 1. The first-order valence-electron chi connectivity index (χ1n) is 28.1. The molecule has 0 spiro atoms. The van der Waals surface area contributed by atoms with E-state index in [-0.39, 0.29) is 110 Å². The molecule has 5 aromatic rings. The molecule has 5 atom stereocenters. The van der Waals surface area contributed by atoms with Crippen molar-refractivity contribution in [1.82, 2.24) is 10.2 Å². The van der Waals surface area contributed by atoms with Crippen LogP contribution in [0.5, 0.6) is 23.0 Å². The quantitative estimate of drug-likeness (QED) is 0.0388. The van der Waals surface area contributed by atoms with Gasteiger partial charge in [0.25, 0.3) is 11.8 Å². The number of Topliss-reactive ketones (excluding diaryl/α,β-unsaturated/α-hetero) is 2. The van der Waals surface area contributed by atoms with Crippen molar-refractivity contribution in [2.75, 3.05) is 54.0 Å². The van der Waals surface area contributed by atoms with Crippen LogP contribution >= 0.6 is 11.8 Å². The fraction of sp³-hybridized carbons (Fsp3) is 0.381. The topological polar surface area (TPSA) is 232 Å². The zero-order valence-corrected chi connectivity index (χ0v) is 47.9. The minimum Gasteiger partial charge on any atom is -0.493 e. The fourth-order valence-corrected chi connectivity index (χ4v) is 12.0. The monoisotopic (exact) mass is 1150 g/mol. The molecule has 0 radical (unpaired) electrons. The highest BCUT2D eigenvalue weighted by molar-refractivity contribution is 8.00. The van der Waals surface area contributed by atoms with E-state index in [2.05, 4.69) is 16.0 Å². The molecule has 0 bridgehead atoms. The summed E-state index contributed by atoms with van der Waals surface area (Å²) in [4.78, 5) is 115. The number of benzene rings is 5. The van der Waals surface area contributed by atoms with Gasteiger partial charge in [-0.1, -0.05) is 43.3 Å². The number of thioether (sulfide) groups is 1. The fourth-order valence-electron chi connectivity index (χ4n) is 11.4. The van der Waals surface area contributed by atoms with Crippen LogP contribution in [0.3, 0.4) is 0 Å². The Kier molecular flexibility index (Phi) is 17.6. The predicted octanol–water partition coefficient (Wildman–Crippen LogP) is 8.58. The highest BCUT2D eigenvalue weighted by Crippen LogP contribution is 2.43. The number of hydrogen-bond donors (Lipinski definition) is 3. The average Bonchev–Trinajstić information content (AvgIpc) is 4.27. The molecule has 10 rings (SSSR count). The molecular formula is C63H67N7O12S. The van der Waals surface area contributed by atoms with E-state index in [0.717, 1.165) is 28.9 Å². The molecular weight excluding hydrogens is 1080 g/mol. The molecule has 5 heterocycles. The van der Waals surface area contributed by atoms with Crippen molar-refractivity contribution in [2.45, 2.75) is 115 Å². The normalized spacial score (nSPS) is 18.1. The van der Waals surface area contributed by atoms with Gasteiger partial charge in [-0.15, -0.1) is 0 Å². The Morgan fingerprint density at radius 2 is 1.35 bits per heavy atom. The van der Waals surface area contributed by atoms with Crippen LogP contribution in [0.15, 0.2) is 96.0 Å². The van der Waals surface area contributed by atoms with Gasteiger partial charge in [-0.3, -0.25) is 53.1 Å². The molecule has 19 nitrogen and oxygen atoms in total. The first-order chi connectivity index (χ1) is 40.1. The summed E-state index contributed by atoms with van der Waals surface area (Å²) in [6.07, 6.45) is 6.83. The average molecular weight is 1150 g/mol. The van der Waals surface area contributed by atoms with E-state index in [4.69, 9.17) is 23.9 Å². The second-order valence-electron chi connectivity index (χ2n) is 21.6. The third-order valence-electron chi connectivity index (χ3n) is 15.8. The number of imide groups is 1. The van der Waals surface area contributed by atoms with E-state index in [1.807, 2.05) is 59.5 Å². The number of unbranched alkanes of at least 4 members (excludes halogenated alkanes) is 1. The Balaban J connectivity index is 0.792. The molecule has 1 fully saturated rings. The Labute approximate surface area is 485 Å². The second-order valence-corrected chi connectivity index (χ2v) is 22.6. The van der Waals surface area contributed by atoms with Crippen molar-refractivity contribution in [3.8, 4) is 23.0 Å². The SMILES string of the molecule is COc1cc2c(cc1OCc1cc(COc3cc4c(cc3OC)C(=O)N3c5ccccc5C[C@H]3CN4)cc(NC(=O)[C@H](C)CC(=O)[C@H](C)NC(=O)CCCCC(=O)CCCN3C(=O)CC(SC)C3=O)c1)N=C[C@@H]1Cc3ccccc3N1C2=O. The Morgan fingerprint density at radius 1 is 0.723 bits per heavy atom. The summed E-state index contributed by atoms with van der Waals surface area (Å²) in [5.41, 5.74) is 7.40. The summed E-state index contributed by atoms with van der Waals surface area (Å²) in [6.45, 7) is 3.91. The number of fused-ring (bicyclic) bond motifs is 8. The second kappa shape index (κ2) is 25.3. The minimum absolute atomic E-state index is 0.00654. The third-order valence-corrected chi connectivity index (χ3v) is 16.8. The van der Waals surface area contributed by atoms with E-state index < -0.39 is 17.9 Å². The van der Waals surface area contributed by atoms with Crippen molar-refractivity contribution in [3.05, 3.63) is 124 Å². The Morgan fingerprint density at radius 3 is 2.04 bits per heavy atom. The number of anilines is 4. The van der Waals surface area contributed by atoms with Crippen molar-refractivity contribution in [1.29, 1.82) is 0 Å². The summed E-state index contributed by atoms with van der Waals surface area (Å²) >= 11 is 1.35. The number of hydrogen-bond acceptors (Lipinski definition) is 15. The number of carbonyl (C=O) groups excluding carboxylic acids is 8. The molecule has 0 aliphatic carbocycles. The lowest BCUT2D eigenvalue weighted by atomic mass is 9.99. The predicted molar refractivity (Wildman–Crippen MR) is 316 cm³/mol. The maximum Gasteiger partial charge on any atom is 0.261 e. The van der Waals surface area contributed by atoms with Crippen LogP contribution in [-0.4, -0.2) is 115 Å². The van der Waals surface area contributed by atoms with Crippen LogP contribution in [0.4, 0.5) is 28.4 Å². The number of para-hydroxylation sites is 2. The molecule has 0 saturated carbocycles. The number of aliphatic imine (C=N–C) groups is 1. The van der Waals surface area contributed by atoms with Gasteiger partial charge in [-0.25, -0.2) is 0 Å². The van der Waals surface area contributed by atoms with Crippen molar-refractivity contribution in [2.24, 2.45) is 10.9 Å². The molecule has 5 aliphatic rings. The lowest BCUT2D eigenvalue weighted by Crippen LogP contribution is -2.39. The van der Waals surface area contributed by atoms with Crippen LogP contribution in [0.2, 0.25) is 0 Å². The molecule has 6 amide bonds. The molecule has 1 unspecified atom stereocenters. The van der Waals surface area contributed by atoms with Crippen LogP contribution in [0, 0.1) is 5.92 Å². The summed E-state index contributed by atoms with van der Waals surface area (Å²) in [5.74, 6) is -1.34. The van der Waals surface area contributed by atoms with Gasteiger partial charge in [0.15, 0.2) is 28.8 Å². The maximum absolute atomic E-state index is 14.2. The highest BCUT2D eigenvalue weighted by Gasteiger charge is 2.40. The molecule has 5 aromatic carbocycles. The van der Waals surface area contributed by atoms with E-state index in [0.29, 0.717) is 94.5 Å². The Bertz CT molecular complexity index is 3440. The number of carbonyl (C=O) groups is 8. The number of nitrogens with one attached hydrogen (secondary N) is 3. The van der Waals surface area contributed by atoms with Gasteiger partial charge in [-0.2, -0.15) is 11.8 Å². The number of ketones is 2. The smallest absolute Gasteiger partial charge is 0.261 e. The van der Waals surface area contributed by atoms with Crippen molar-refractivity contribution < 1.29 is 57.3 Å². The summed E-state index contributed by atoms with van der Waals surface area (Å²) in [7, 11) is 3.00. The van der Waals surface area contributed by atoms with Crippen molar-refractivity contribution in [3.63, 3.8) is 0 Å². The first kappa shape index (κ1) is 57.7. The summed E-state index contributed by atoms with van der Waals surface area (Å²) in [5, 5.41) is 8.81. The van der Waals surface area contributed by atoms with Gasteiger partial charge in [0.2, 0.25) is 23.6 Å². The lowest BCUT2D eigenvalue weighted by Gasteiger charge is -2.22. The third kappa shape index (κ3) is 12.6. The first-order valence-corrected chi connectivity index (χ1v) is 29.3. The number of ether oxygens (including phenoxy) is 4. The van der Waals surface area contributed by atoms with Gasteiger partial charge < -0.3 is 39.8 Å². The number of nitrogens with zero attached hydrogens (tertiary/aromatic N) is 4. The standard InChI is InChI=1S/C63H67N7O12S/c1-36(21-52(72)37(2)66-58(73)19-11-8-15-45(71)16-12-20-68-59(74)31-57(83-5)63(68)78)60(75)67-42-23-38(34-81-55-29-48-46(27-53(55)79-3)61(76)69-43(32-64-48)25-40-13-6-9-17-50(40)69)22-39(24-42)35-82-56-30-49-47(28-54(56)80-4)62(77)70-44(33-65-49)26-41-14-7-10-18-51(41)70/h6-7,9-10,13-14,17-18,22-24,27-30,32,36-37,43-44,57,65H,8,11-12,15-16,19-21,25-26,31,33-35H2,1-5H3,(H,66,73)(H,67,75)/t36-,37+,43+,44+,57?/m1/s1. The van der Waals surface area contributed by atoms with Crippen LogP contribution in [0.25, 0.3) is 0 Å². The van der Waals surface area contributed by atoms with Crippen molar-refractivity contribution >= 4 is 93.4 Å². The van der Waals surface area contributed by atoms with E-state index in [1.165, 1.54) is 30.9 Å².